The predicted octanol–water partition coefficient (Wildman–Crippen LogP) is 1.39. The van der Waals surface area contributed by atoms with Gasteiger partial charge in [0, 0.05) is 33.1 Å². The number of fused-ring (bicyclic) bond motifs is 1. The van der Waals surface area contributed by atoms with E-state index in [-0.39, 0.29) is 17.7 Å². The second kappa shape index (κ2) is 7.50. The van der Waals surface area contributed by atoms with E-state index in [1.54, 1.807) is 34.1 Å². The summed E-state index contributed by atoms with van der Waals surface area (Å²) < 4.78 is 0. The third-order valence-corrected chi connectivity index (χ3v) is 5.15. The molecule has 1 saturated heterocycles. The van der Waals surface area contributed by atoms with Crippen molar-refractivity contribution in [1.82, 2.24) is 14.7 Å². The molecule has 0 N–H and O–H groups in total. The Morgan fingerprint density at radius 1 is 0.926 bits per heavy atom. The van der Waals surface area contributed by atoms with Gasteiger partial charge in [-0.05, 0) is 24.5 Å². The van der Waals surface area contributed by atoms with Crippen molar-refractivity contribution in [2.75, 3.05) is 26.2 Å². The summed E-state index contributed by atoms with van der Waals surface area (Å²) in [7, 11) is 0. The minimum Gasteiger partial charge on any atom is -0.339 e. The Balaban J connectivity index is 1.83. The molecule has 1 aromatic rings. The molecular weight excluding hydrogens is 346 g/mol. The zero-order valence-electron chi connectivity index (χ0n) is 16.0. The summed E-state index contributed by atoms with van der Waals surface area (Å²) in [6.07, 6.45) is 0.414. The maximum atomic E-state index is 13.2. The van der Waals surface area contributed by atoms with Gasteiger partial charge in [-0.15, -0.1) is 0 Å². The van der Waals surface area contributed by atoms with Crippen molar-refractivity contribution >= 4 is 23.6 Å². The van der Waals surface area contributed by atoms with E-state index in [1.165, 1.54) is 6.92 Å². The number of carbonyl (C=O) groups is 4. The summed E-state index contributed by atoms with van der Waals surface area (Å²) in [5.41, 5.74) is 0.705. The van der Waals surface area contributed by atoms with Crippen molar-refractivity contribution < 1.29 is 19.2 Å². The van der Waals surface area contributed by atoms with Crippen LogP contribution in [0.2, 0.25) is 0 Å². The largest absolute Gasteiger partial charge is 0.339 e. The lowest BCUT2D eigenvalue weighted by molar-refractivity contribution is -0.141. The molecule has 27 heavy (non-hydrogen) atoms. The molecule has 0 aromatic heterocycles. The standard InChI is InChI=1S/C20H25N3O4/c1-13(2)12-17(20(27)22-10-8-21(9-11-22)14(3)24)23-18(25)15-6-4-5-7-16(15)19(23)26/h4-7,13,17H,8-12H2,1-3H3/t17-/m1/s1. The molecule has 3 rings (SSSR count). The van der Waals surface area contributed by atoms with E-state index in [1.807, 2.05) is 13.8 Å². The molecule has 0 bridgehead atoms. The summed E-state index contributed by atoms with van der Waals surface area (Å²) >= 11 is 0. The minimum atomic E-state index is -0.818. The van der Waals surface area contributed by atoms with Gasteiger partial charge in [-0.25, -0.2) is 0 Å². The van der Waals surface area contributed by atoms with Crippen molar-refractivity contribution in [3.8, 4) is 0 Å². The summed E-state index contributed by atoms with van der Waals surface area (Å²) in [6, 6.07) is 5.86. The number of nitrogens with zero attached hydrogens (tertiary/aromatic N) is 3. The molecular formula is C20H25N3O4. The van der Waals surface area contributed by atoms with Crippen LogP contribution in [0.1, 0.15) is 47.9 Å². The number of imide groups is 1. The van der Waals surface area contributed by atoms with Crippen LogP contribution in [0.15, 0.2) is 24.3 Å². The minimum absolute atomic E-state index is 0.0128. The average Bonchev–Trinajstić information content (AvgIpc) is 2.90. The van der Waals surface area contributed by atoms with Crippen LogP contribution in [0.5, 0.6) is 0 Å². The number of piperazine rings is 1. The van der Waals surface area contributed by atoms with Gasteiger partial charge in [-0.3, -0.25) is 24.1 Å². The molecule has 7 nitrogen and oxygen atoms in total. The Morgan fingerprint density at radius 2 is 1.41 bits per heavy atom. The van der Waals surface area contributed by atoms with Gasteiger partial charge in [0.05, 0.1) is 11.1 Å². The Morgan fingerprint density at radius 3 is 1.85 bits per heavy atom. The molecule has 1 aromatic carbocycles. The molecule has 0 saturated carbocycles. The van der Waals surface area contributed by atoms with Crippen molar-refractivity contribution in [2.24, 2.45) is 5.92 Å². The lowest BCUT2D eigenvalue weighted by Crippen LogP contribution is -2.56. The Bertz CT molecular complexity index is 746. The van der Waals surface area contributed by atoms with Gasteiger partial charge in [-0.1, -0.05) is 26.0 Å². The maximum Gasteiger partial charge on any atom is 0.262 e. The fourth-order valence-electron chi connectivity index (χ4n) is 3.71. The van der Waals surface area contributed by atoms with Crippen LogP contribution >= 0.6 is 0 Å². The van der Waals surface area contributed by atoms with Gasteiger partial charge in [0.2, 0.25) is 11.8 Å². The van der Waals surface area contributed by atoms with Crippen LogP contribution in [-0.4, -0.2) is 70.5 Å². The second-order valence-electron chi connectivity index (χ2n) is 7.50. The van der Waals surface area contributed by atoms with Gasteiger partial charge in [-0.2, -0.15) is 0 Å². The quantitative estimate of drug-likeness (QED) is 0.750. The maximum absolute atomic E-state index is 13.2. The molecule has 0 radical (unpaired) electrons. The van der Waals surface area contributed by atoms with E-state index in [0.717, 1.165) is 4.90 Å². The van der Waals surface area contributed by atoms with E-state index < -0.39 is 17.9 Å². The summed E-state index contributed by atoms with van der Waals surface area (Å²) in [5.74, 6) is -0.904. The molecule has 144 valence electrons. The van der Waals surface area contributed by atoms with Crippen molar-refractivity contribution in [3.05, 3.63) is 35.4 Å². The first-order valence-corrected chi connectivity index (χ1v) is 9.32. The number of hydrogen-bond donors (Lipinski definition) is 0. The van der Waals surface area contributed by atoms with Gasteiger partial charge < -0.3 is 9.80 Å². The Kier molecular flexibility index (Phi) is 5.30. The first kappa shape index (κ1) is 19.1. The number of carbonyl (C=O) groups excluding carboxylic acids is 4. The highest BCUT2D eigenvalue weighted by Gasteiger charge is 2.44. The normalized spacial score (nSPS) is 18.1. The molecule has 4 amide bonds. The van der Waals surface area contributed by atoms with Crippen LogP contribution in [0.4, 0.5) is 0 Å². The Labute approximate surface area is 158 Å². The van der Waals surface area contributed by atoms with Crippen LogP contribution in [0.25, 0.3) is 0 Å². The van der Waals surface area contributed by atoms with E-state index in [4.69, 9.17) is 0 Å². The van der Waals surface area contributed by atoms with Crippen LogP contribution < -0.4 is 0 Å². The molecule has 2 heterocycles. The predicted molar refractivity (Wildman–Crippen MR) is 99.0 cm³/mol. The van der Waals surface area contributed by atoms with Gasteiger partial charge in [0.15, 0.2) is 0 Å². The number of amides is 4. The van der Waals surface area contributed by atoms with Gasteiger partial charge in [0.1, 0.15) is 6.04 Å². The second-order valence-corrected chi connectivity index (χ2v) is 7.50. The molecule has 1 atom stereocenters. The zero-order valence-corrected chi connectivity index (χ0v) is 16.0. The highest BCUT2D eigenvalue weighted by Crippen LogP contribution is 2.28. The molecule has 0 aliphatic carbocycles. The van der Waals surface area contributed by atoms with E-state index >= 15 is 0 Å². The van der Waals surface area contributed by atoms with Gasteiger partial charge >= 0.3 is 0 Å². The molecule has 2 aliphatic rings. The zero-order chi connectivity index (χ0) is 19.7. The Hall–Kier alpha value is -2.70. The SMILES string of the molecule is CC(=O)N1CCN(C(=O)[C@@H](CC(C)C)N2C(=O)c3ccccc3C2=O)CC1. The smallest absolute Gasteiger partial charge is 0.262 e. The molecule has 0 spiro atoms. The third-order valence-electron chi connectivity index (χ3n) is 5.15. The number of hydrogen-bond acceptors (Lipinski definition) is 4. The van der Waals surface area contributed by atoms with Gasteiger partial charge in [0.25, 0.3) is 11.8 Å². The van der Waals surface area contributed by atoms with Crippen molar-refractivity contribution in [3.63, 3.8) is 0 Å². The van der Waals surface area contributed by atoms with E-state index in [2.05, 4.69) is 0 Å². The van der Waals surface area contributed by atoms with Crippen LogP contribution in [0, 0.1) is 5.92 Å². The highest BCUT2D eigenvalue weighted by atomic mass is 16.2. The lowest BCUT2D eigenvalue weighted by atomic mass is 10.0. The summed E-state index contributed by atoms with van der Waals surface area (Å²) in [6.45, 7) is 7.21. The molecule has 2 aliphatic heterocycles. The lowest BCUT2D eigenvalue weighted by Gasteiger charge is -2.37. The number of rotatable bonds is 4. The fourth-order valence-corrected chi connectivity index (χ4v) is 3.71. The third kappa shape index (κ3) is 3.59. The highest BCUT2D eigenvalue weighted by molar-refractivity contribution is 6.22. The monoisotopic (exact) mass is 371 g/mol. The average molecular weight is 371 g/mol. The number of benzene rings is 1. The topological polar surface area (TPSA) is 78.0 Å². The molecule has 0 unspecified atom stereocenters. The van der Waals surface area contributed by atoms with Crippen LogP contribution in [-0.2, 0) is 9.59 Å². The fraction of sp³-hybridized carbons (Fsp3) is 0.500. The summed E-state index contributed by atoms with van der Waals surface area (Å²) in [5, 5.41) is 0. The van der Waals surface area contributed by atoms with E-state index in [0.29, 0.717) is 43.7 Å². The molecule has 7 heteroatoms. The first-order valence-electron chi connectivity index (χ1n) is 9.32. The van der Waals surface area contributed by atoms with Crippen molar-refractivity contribution in [2.45, 2.75) is 33.2 Å². The van der Waals surface area contributed by atoms with E-state index in [9.17, 15) is 19.2 Å². The summed E-state index contributed by atoms with van der Waals surface area (Å²) in [4.78, 5) is 54.9. The first-order chi connectivity index (χ1) is 12.8. The molecule has 1 fully saturated rings. The van der Waals surface area contributed by atoms with Crippen molar-refractivity contribution in [1.29, 1.82) is 0 Å². The van der Waals surface area contributed by atoms with Crippen LogP contribution in [0.3, 0.4) is 0 Å².